The van der Waals surface area contributed by atoms with E-state index < -0.39 is 0 Å². The molecular weight excluding hydrogens is 212 g/mol. The Morgan fingerprint density at radius 3 is 2.41 bits per heavy atom. The smallest absolute Gasteiger partial charge is 0.313 e. The number of ether oxygens (including phenoxy) is 1. The predicted octanol–water partition coefficient (Wildman–Crippen LogP) is 3.83. The van der Waals surface area contributed by atoms with E-state index in [1.54, 1.807) is 0 Å². The van der Waals surface area contributed by atoms with Crippen LogP contribution in [0.15, 0.2) is 24.3 Å². The number of unbranched alkanes of at least 4 members (excludes halogenated alkanes) is 1. The molecule has 0 aliphatic heterocycles. The number of rotatable bonds is 6. The van der Waals surface area contributed by atoms with Crippen LogP contribution in [0, 0.1) is 6.92 Å². The second kappa shape index (κ2) is 7.10. The van der Waals surface area contributed by atoms with E-state index in [0.29, 0.717) is 6.61 Å². The van der Waals surface area contributed by atoms with Crippen LogP contribution in [0.2, 0.25) is 0 Å². The number of aryl methyl sites for hydroxylation is 1. The van der Waals surface area contributed by atoms with Crippen molar-refractivity contribution in [1.82, 2.24) is 0 Å². The fourth-order valence-corrected chi connectivity index (χ4v) is 1.87. The van der Waals surface area contributed by atoms with Crippen molar-refractivity contribution in [3.8, 4) is 0 Å². The Bertz CT molecular complexity index is 340. The van der Waals surface area contributed by atoms with Gasteiger partial charge in [-0.2, -0.15) is 0 Å². The molecule has 0 heterocycles. The molecule has 1 unspecified atom stereocenters. The lowest BCUT2D eigenvalue weighted by molar-refractivity contribution is -0.145. The zero-order valence-electron chi connectivity index (χ0n) is 11.0. The molecule has 1 aromatic carbocycles. The van der Waals surface area contributed by atoms with E-state index >= 15 is 0 Å². The maximum absolute atomic E-state index is 11.9. The first-order valence-electron chi connectivity index (χ1n) is 6.42. The third kappa shape index (κ3) is 4.22. The summed E-state index contributed by atoms with van der Waals surface area (Å²) in [6, 6.07) is 8.17. The Kier molecular flexibility index (Phi) is 5.75. The topological polar surface area (TPSA) is 26.3 Å². The van der Waals surface area contributed by atoms with Gasteiger partial charge in [-0.25, -0.2) is 0 Å². The van der Waals surface area contributed by atoms with Gasteiger partial charge in [0.2, 0.25) is 0 Å². The molecule has 94 valence electrons. The minimum Gasteiger partial charge on any atom is -0.466 e. The van der Waals surface area contributed by atoms with E-state index in [1.165, 1.54) is 5.56 Å². The van der Waals surface area contributed by atoms with Crippen LogP contribution in [0.5, 0.6) is 0 Å². The third-order valence-electron chi connectivity index (χ3n) is 2.90. The fourth-order valence-electron chi connectivity index (χ4n) is 1.87. The van der Waals surface area contributed by atoms with Crippen LogP contribution in [0.3, 0.4) is 0 Å². The molecule has 1 aromatic rings. The summed E-state index contributed by atoms with van der Waals surface area (Å²) in [5.41, 5.74) is 2.29. The Morgan fingerprint density at radius 1 is 1.24 bits per heavy atom. The van der Waals surface area contributed by atoms with Gasteiger partial charge in [0.1, 0.15) is 0 Å². The van der Waals surface area contributed by atoms with Crippen LogP contribution < -0.4 is 0 Å². The van der Waals surface area contributed by atoms with Crippen LogP contribution in [0.1, 0.15) is 50.2 Å². The largest absolute Gasteiger partial charge is 0.466 e. The highest BCUT2D eigenvalue weighted by Gasteiger charge is 2.20. The Balaban J connectivity index is 2.81. The summed E-state index contributed by atoms with van der Waals surface area (Å²) in [7, 11) is 0. The summed E-state index contributed by atoms with van der Waals surface area (Å²) >= 11 is 0. The van der Waals surface area contributed by atoms with Crippen molar-refractivity contribution < 1.29 is 9.53 Å². The zero-order chi connectivity index (χ0) is 12.7. The normalized spacial score (nSPS) is 12.2. The van der Waals surface area contributed by atoms with Crippen LogP contribution >= 0.6 is 0 Å². The van der Waals surface area contributed by atoms with Gasteiger partial charge in [0.25, 0.3) is 0 Å². The van der Waals surface area contributed by atoms with Crippen molar-refractivity contribution in [2.24, 2.45) is 0 Å². The standard InChI is InChI=1S/C15H22O2/c1-4-6-7-14(15(16)17-5-2)13-10-8-12(3)9-11-13/h8-11,14H,4-7H2,1-3H3. The second-order valence-electron chi connectivity index (χ2n) is 4.36. The number of hydrogen-bond acceptors (Lipinski definition) is 2. The molecule has 0 N–H and O–H groups in total. The summed E-state index contributed by atoms with van der Waals surface area (Å²) in [6.07, 6.45) is 3.03. The molecule has 0 amide bonds. The van der Waals surface area contributed by atoms with E-state index in [9.17, 15) is 4.79 Å². The number of carbonyl (C=O) groups is 1. The molecular formula is C15H22O2. The van der Waals surface area contributed by atoms with E-state index in [2.05, 4.69) is 13.8 Å². The predicted molar refractivity (Wildman–Crippen MR) is 70.1 cm³/mol. The lowest BCUT2D eigenvalue weighted by Crippen LogP contribution is -2.16. The summed E-state index contributed by atoms with van der Waals surface area (Å²) in [4.78, 5) is 11.9. The van der Waals surface area contributed by atoms with Crippen LogP contribution in [0.4, 0.5) is 0 Å². The van der Waals surface area contributed by atoms with Crippen molar-refractivity contribution in [2.45, 2.75) is 46.0 Å². The highest BCUT2D eigenvalue weighted by Crippen LogP contribution is 2.24. The first-order valence-corrected chi connectivity index (χ1v) is 6.42. The van der Waals surface area contributed by atoms with Gasteiger partial charge >= 0.3 is 5.97 Å². The van der Waals surface area contributed by atoms with Gasteiger partial charge in [0, 0.05) is 0 Å². The summed E-state index contributed by atoms with van der Waals surface area (Å²) in [6.45, 7) is 6.49. The van der Waals surface area contributed by atoms with Crippen molar-refractivity contribution in [1.29, 1.82) is 0 Å². The highest BCUT2D eigenvalue weighted by atomic mass is 16.5. The van der Waals surface area contributed by atoms with Gasteiger partial charge in [-0.3, -0.25) is 4.79 Å². The number of carbonyl (C=O) groups excluding carboxylic acids is 1. The SMILES string of the molecule is CCCCC(C(=O)OCC)c1ccc(C)cc1. The van der Waals surface area contributed by atoms with Gasteiger partial charge in [0.15, 0.2) is 0 Å². The maximum Gasteiger partial charge on any atom is 0.313 e. The van der Waals surface area contributed by atoms with E-state index in [0.717, 1.165) is 24.8 Å². The average Bonchev–Trinajstić information content (AvgIpc) is 2.32. The third-order valence-corrected chi connectivity index (χ3v) is 2.90. The number of hydrogen-bond donors (Lipinski definition) is 0. The van der Waals surface area contributed by atoms with Crippen molar-refractivity contribution in [2.75, 3.05) is 6.61 Å². The Labute approximate surface area is 104 Å². The molecule has 0 bridgehead atoms. The van der Waals surface area contributed by atoms with Gasteiger partial charge < -0.3 is 4.74 Å². The van der Waals surface area contributed by atoms with Gasteiger partial charge in [-0.15, -0.1) is 0 Å². The molecule has 1 atom stereocenters. The Hall–Kier alpha value is -1.31. The minimum absolute atomic E-state index is 0.0928. The molecule has 0 spiro atoms. The molecule has 1 rings (SSSR count). The summed E-state index contributed by atoms with van der Waals surface area (Å²) in [5, 5.41) is 0. The molecule has 0 fully saturated rings. The molecule has 2 nitrogen and oxygen atoms in total. The van der Waals surface area contributed by atoms with Crippen molar-refractivity contribution in [3.05, 3.63) is 35.4 Å². The highest BCUT2D eigenvalue weighted by molar-refractivity contribution is 5.78. The monoisotopic (exact) mass is 234 g/mol. The summed E-state index contributed by atoms with van der Waals surface area (Å²) < 4.78 is 5.15. The lowest BCUT2D eigenvalue weighted by Gasteiger charge is -2.15. The lowest BCUT2D eigenvalue weighted by atomic mass is 9.93. The maximum atomic E-state index is 11.9. The van der Waals surface area contributed by atoms with Crippen LogP contribution in [0.25, 0.3) is 0 Å². The van der Waals surface area contributed by atoms with Gasteiger partial charge in [-0.05, 0) is 25.8 Å². The van der Waals surface area contributed by atoms with Gasteiger partial charge in [0.05, 0.1) is 12.5 Å². The number of benzene rings is 1. The molecule has 0 aromatic heterocycles. The first-order chi connectivity index (χ1) is 8.19. The average molecular weight is 234 g/mol. The quantitative estimate of drug-likeness (QED) is 0.699. The van der Waals surface area contributed by atoms with Crippen LogP contribution in [-0.2, 0) is 9.53 Å². The fraction of sp³-hybridized carbons (Fsp3) is 0.533. The molecule has 2 heteroatoms. The zero-order valence-corrected chi connectivity index (χ0v) is 11.0. The number of esters is 1. The summed E-state index contributed by atoms with van der Waals surface area (Å²) in [5.74, 6) is -0.194. The van der Waals surface area contributed by atoms with Gasteiger partial charge in [-0.1, -0.05) is 49.6 Å². The molecule has 0 saturated heterocycles. The van der Waals surface area contributed by atoms with Crippen molar-refractivity contribution >= 4 is 5.97 Å². The first kappa shape index (κ1) is 13.8. The molecule has 0 radical (unpaired) electrons. The van der Waals surface area contributed by atoms with E-state index in [4.69, 9.17) is 4.74 Å². The molecule has 0 aliphatic carbocycles. The second-order valence-corrected chi connectivity index (χ2v) is 4.36. The van der Waals surface area contributed by atoms with E-state index in [-0.39, 0.29) is 11.9 Å². The van der Waals surface area contributed by atoms with E-state index in [1.807, 2.05) is 31.2 Å². The Morgan fingerprint density at radius 2 is 1.88 bits per heavy atom. The molecule has 0 saturated carbocycles. The molecule has 17 heavy (non-hydrogen) atoms. The molecule has 0 aliphatic rings. The minimum atomic E-state index is -0.101. The van der Waals surface area contributed by atoms with Crippen molar-refractivity contribution in [3.63, 3.8) is 0 Å². The van der Waals surface area contributed by atoms with Crippen LogP contribution in [-0.4, -0.2) is 12.6 Å².